The molecular weight excluding hydrogens is 312 g/mol. The number of hydrogen-bond acceptors (Lipinski definition) is 5. The van der Waals surface area contributed by atoms with Crippen LogP contribution in [-0.4, -0.2) is 22.9 Å². The van der Waals surface area contributed by atoms with Gasteiger partial charge in [-0.15, -0.1) is 0 Å². The van der Waals surface area contributed by atoms with Crippen LogP contribution in [0.2, 0.25) is 0 Å². The van der Waals surface area contributed by atoms with Gasteiger partial charge < -0.3 is 14.5 Å². The molecule has 1 amide bonds. The van der Waals surface area contributed by atoms with Gasteiger partial charge in [0.25, 0.3) is 11.1 Å². The molecule has 2 heterocycles. The molecule has 0 bridgehead atoms. The highest BCUT2D eigenvalue weighted by atomic mass is 32.2. The molecule has 0 spiro atoms. The van der Waals surface area contributed by atoms with Gasteiger partial charge in [-0.05, 0) is 24.3 Å². The van der Waals surface area contributed by atoms with Gasteiger partial charge in [-0.25, -0.2) is 4.98 Å². The average Bonchev–Trinajstić information content (AvgIpc) is 2.98. The zero-order valence-electron chi connectivity index (χ0n) is 12.2. The van der Waals surface area contributed by atoms with Gasteiger partial charge in [0.05, 0.1) is 5.56 Å². The Morgan fingerprint density at radius 3 is 2.87 bits per heavy atom. The molecule has 0 unspecified atom stereocenters. The molecule has 0 saturated heterocycles. The van der Waals surface area contributed by atoms with Crippen molar-refractivity contribution in [2.45, 2.75) is 17.9 Å². The number of hydrogen-bond donors (Lipinski definition) is 1. The minimum Gasteiger partial charge on any atom is -0.470 e. The lowest BCUT2D eigenvalue weighted by atomic mass is 10.1. The topological polar surface area (TPSA) is 64.4 Å². The highest BCUT2D eigenvalue weighted by Gasteiger charge is 2.24. The quantitative estimate of drug-likeness (QED) is 0.744. The van der Waals surface area contributed by atoms with Gasteiger partial charge in [0.1, 0.15) is 11.3 Å². The number of benzene rings is 2. The maximum absolute atomic E-state index is 12.0. The van der Waals surface area contributed by atoms with Gasteiger partial charge in [-0.1, -0.05) is 36.0 Å². The van der Waals surface area contributed by atoms with Gasteiger partial charge in [-0.3, -0.25) is 4.79 Å². The monoisotopic (exact) mass is 326 g/mol. The van der Waals surface area contributed by atoms with Gasteiger partial charge in [0.2, 0.25) is 0 Å². The first-order valence-electron chi connectivity index (χ1n) is 7.34. The van der Waals surface area contributed by atoms with E-state index in [-0.39, 0.29) is 12.1 Å². The fraction of sp³-hybridized carbons (Fsp3) is 0.176. The lowest BCUT2D eigenvalue weighted by Crippen LogP contribution is -2.43. The zero-order chi connectivity index (χ0) is 15.6. The number of nitrogens with zero attached hydrogens (tertiary/aromatic N) is 1. The van der Waals surface area contributed by atoms with Gasteiger partial charge in [0.15, 0.2) is 11.8 Å². The van der Waals surface area contributed by atoms with Crippen molar-refractivity contribution in [2.24, 2.45) is 0 Å². The number of thioether (sulfide) groups is 1. The van der Waals surface area contributed by atoms with E-state index in [1.165, 1.54) is 11.8 Å². The van der Waals surface area contributed by atoms with E-state index in [1.807, 2.05) is 42.5 Å². The number of aromatic nitrogens is 1. The maximum atomic E-state index is 12.0. The molecule has 2 aromatic carbocycles. The van der Waals surface area contributed by atoms with Crippen LogP contribution in [-0.2, 0) is 0 Å². The van der Waals surface area contributed by atoms with E-state index in [9.17, 15) is 4.79 Å². The second-order valence-corrected chi connectivity index (χ2v) is 6.21. The number of carbonyl (C=O) groups excluding carboxylic acids is 1. The molecule has 1 aromatic heterocycles. The molecule has 1 aliphatic heterocycles. The normalized spacial score (nSPS) is 16.7. The molecule has 4 rings (SSSR count). The first-order chi connectivity index (χ1) is 11.3. The number of oxazole rings is 1. The first-order valence-corrected chi connectivity index (χ1v) is 8.33. The Morgan fingerprint density at radius 2 is 1.96 bits per heavy atom. The van der Waals surface area contributed by atoms with Crippen molar-refractivity contribution in [3.05, 3.63) is 54.1 Å². The summed E-state index contributed by atoms with van der Waals surface area (Å²) in [6.45, 7) is 0. The SMILES string of the molecule is O=C1N[C@H](CCSc2nc3ccccc3o2)Oc2ccccc21. The molecule has 23 heavy (non-hydrogen) atoms. The van der Waals surface area contributed by atoms with Crippen molar-refractivity contribution in [1.82, 2.24) is 10.3 Å². The molecular formula is C17H14N2O3S. The summed E-state index contributed by atoms with van der Waals surface area (Å²) in [7, 11) is 0. The number of carbonyl (C=O) groups is 1. The fourth-order valence-electron chi connectivity index (χ4n) is 2.46. The van der Waals surface area contributed by atoms with E-state index in [4.69, 9.17) is 9.15 Å². The standard InChI is InChI=1S/C17H14N2O3S/c20-16-11-5-1-3-7-13(11)21-15(19-16)9-10-23-17-18-12-6-2-4-8-14(12)22-17/h1-8,15H,9-10H2,(H,19,20)/t15-/m0/s1. The van der Waals surface area contributed by atoms with Crippen LogP contribution in [0.1, 0.15) is 16.8 Å². The van der Waals surface area contributed by atoms with Crippen LogP contribution < -0.4 is 10.1 Å². The third kappa shape index (κ3) is 2.90. The molecule has 6 heteroatoms. The summed E-state index contributed by atoms with van der Waals surface area (Å²) in [6, 6.07) is 14.9. The predicted molar refractivity (Wildman–Crippen MR) is 87.7 cm³/mol. The van der Waals surface area contributed by atoms with Gasteiger partial charge in [0, 0.05) is 12.2 Å². The van der Waals surface area contributed by atoms with E-state index >= 15 is 0 Å². The Balaban J connectivity index is 1.37. The summed E-state index contributed by atoms with van der Waals surface area (Å²) in [5, 5.41) is 3.49. The van der Waals surface area contributed by atoms with E-state index in [1.54, 1.807) is 6.07 Å². The number of fused-ring (bicyclic) bond motifs is 2. The highest BCUT2D eigenvalue weighted by molar-refractivity contribution is 7.99. The van der Waals surface area contributed by atoms with E-state index < -0.39 is 0 Å². The lowest BCUT2D eigenvalue weighted by Gasteiger charge is -2.26. The second kappa shape index (κ2) is 5.96. The summed E-state index contributed by atoms with van der Waals surface area (Å²) in [5.74, 6) is 1.27. The fourth-order valence-corrected chi connectivity index (χ4v) is 3.28. The molecule has 0 fully saturated rings. The van der Waals surface area contributed by atoms with Gasteiger partial charge in [-0.2, -0.15) is 0 Å². The minimum absolute atomic E-state index is 0.0938. The molecule has 0 saturated carbocycles. The predicted octanol–water partition coefficient (Wildman–Crippen LogP) is 3.46. The molecule has 116 valence electrons. The van der Waals surface area contributed by atoms with Crippen LogP contribution in [0.25, 0.3) is 11.1 Å². The largest absolute Gasteiger partial charge is 0.470 e. The third-order valence-electron chi connectivity index (χ3n) is 3.57. The van der Waals surface area contributed by atoms with Crippen molar-refractivity contribution in [3.8, 4) is 5.75 Å². The van der Waals surface area contributed by atoms with E-state index in [2.05, 4.69) is 10.3 Å². The number of rotatable bonds is 4. The number of amides is 1. The molecule has 0 aliphatic carbocycles. The number of nitrogens with one attached hydrogen (secondary N) is 1. The summed E-state index contributed by atoms with van der Waals surface area (Å²) in [4.78, 5) is 16.4. The molecule has 3 aromatic rings. The number of ether oxygens (including phenoxy) is 1. The third-order valence-corrected chi connectivity index (χ3v) is 4.43. The van der Waals surface area contributed by atoms with Crippen LogP contribution in [0.3, 0.4) is 0 Å². The number of para-hydroxylation sites is 3. The maximum Gasteiger partial charge on any atom is 0.257 e. The Morgan fingerprint density at radius 1 is 1.13 bits per heavy atom. The Kier molecular flexibility index (Phi) is 3.67. The van der Waals surface area contributed by atoms with Crippen molar-refractivity contribution in [3.63, 3.8) is 0 Å². The average molecular weight is 326 g/mol. The minimum atomic E-state index is -0.325. The Hall–Kier alpha value is -2.47. The molecule has 1 atom stereocenters. The van der Waals surface area contributed by atoms with E-state index in [0.29, 0.717) is 23.0 Å². The summed E-state index contributed by atoms with van der Waals surface area (Å²) in [6.07, 6.45) is 0.345. The van der Waals surface area contributed by atoms with Crippen LogP contribution in [0.5, 0.6) is 5.75 Å². The molecule has 5 nitrogen and oxygen atoms in total. The Bertz CT molecular complexity index is 829. The molecule has 1 N–H and O–H groups in total. The highest BCUT2D eigenvalue weighted by Crippen LogP contribution is 2.26. The van der Waals surface area contributed by atoms with Crippen LogP contribution in [0.15, 0.2) is 58.2 Å². The Labute approximate surface area is 137 Å². The van der Waals surface area contributed by atoms with Crippen molar-refractivity contribution in [2.75, 3.05) is 5.75 Å². The lowest BCUT2D eigenvalue weighted by molar-refractivity contribution is 0.0752. The van der Waals surface area contributed by atoms with Crippen LogP contribution in [0.4, 0.5) is 0 Å². The van der Waals surface area contributed by atoms with Crippen molar-refractivity contribution < 1.29 is 13.9 Å². The van der Waals surface area contributed by atoms with Crippen molar-refractivity contribution in [1.29, 1.82) is 0 Å². The summed E-state index contributed by atoms with van der Waals surface area (Å²) in [5.41, 5.74) is 2.22. The summed E-state index contributed by atoms with van der Waals surface area (Å²) < 4.78 is 11.5. The van der Waals surface area contributed by atoms with Crippen LogP contribution in [0, 0.1) is 0 Å². The summed E-state index contributed by atoms with van der Waals surface area (Å²) >= 11 is 1.51. The molecule has 0 radical (unpaired) electrons. The van der Waals surface area contributed by atoms with Gasteiger partial charge >= 0.3 is 0 Å². The zero-order valence-corrected chi connectivity index (χ0v) is 13.0. The molecule has 1 aliphatic rings. The smallest absolute Gasteiger partial charge is 0.257 e. The van der Waals surface area contributed by atoms with E-state index in [0.717, 1.165) is 16.9 Å². The van der Waals surface area contributed by atoms with Crippen molar-refractivity contribution >= 4 is 28.8 Å². The van der Waals surface area contributed by atoms with Crippen LogP contribution >= 0.6 is 11.8 Å². The first kappa shape index (κ1) is 14.1. The second-order valence-electron chi connectivity index (χ2n) is 5.16.